The Hall–Kier alpha value is -1.83. The van der Waals surface area contributed by atoms with E-state index in [4.69, 9.17) is 0 Å². The first-order chi connectivity index (χ1) is 8.31. The van der Waals surface area contributed by atoms with E-state index in [1.54, 1.807) is 6.08 Å². The van der Waals surface area contributed by atoms with Gasteiger partial charge in [0.25, 0.3) is 0 Å². The summed E-state index contributed by atoms with van der Waals surface area (Å²) in [6.45, 7) is 0. The Bertz CT molecular complexity index is 470. The Labute approximate surface area is 102 Å². The number of methoxy groups -OCH3 is 1. The van der Waals surface area contributed by atoms with Crippen molar-refractivity contribution in [3.63, 3.8) is 0 Å². The van der Waals surface area contributed by atoms with Crippen LogP contribution in [0, 0.1) is 0 Å². The van der Waals surface area contributed by atoms with Gasteiger partial charge in [0, 0.05) is 6.08 Å². The van der Waals surface area contributed by atoms with Crippen molar-refractivity contribution in [2.45, 2.75) is 19.3 Å². The number of benzene rings is 1. The topological polar surface area (TPSA) is 26.3 Å². The molecule has 88 valence electrons. The summed E-state index contributed by atoms with van der Waals surface area (Å²) in [7, 11) is 1.38. The molecule has 0 N–H and O–H groups in total. The van der Waals surface area contributed by atoms with Crippen LogP contribution in [0.25, 0.3) is 5.57 Å². The number of esters is 1. The standard InChI is InChI=1S/C15H16O2/c1-17-15(16)11-5-9-13-8-4-7-12-6-2-3-10-14(12)13/h2-3,5-6,9-11H,4,7-8H2,1H3/b11-5+,13-9-. The van der Waals surface area contributed by atoms with Crippen LogP contribution in [0.2, 0.25) is 0 Å². The number of carbonyl (C=O) groups excluding carboxylic acids is 1. The molecule has 0 unspecified atom stereocenters. The quantitative estimate of drug-likeness (QED) is 0.574. The van der Waals surface area contributed by atoms with Crippen molar-refractivity contribution in [3.8, 4) is 0 Å². The Morgan fingerprint density at radius 3 is 2.94 bits per heavy atom. The monoisotopic (exact) mass is 228 g/mol. The molecular weight excluding hydrogens is 212 g/mol. The minimum Gasteiger partial charge on any atom is -0.466 e. The minimum absolute atomic E-state index is 0.314. The number of carbonyl (C=O) groups is 1. The average molecular weight is 228 g/mol. The zero-order chi connectivity index (χ0) is 12.1. The van der Waals surface area contributed by atoms with Crippen LogP contribution in [0.3, 0.4) is 0 Å². The van der Waals surface area contributed by atoms with Crippen molar-refractivity contribution in [3.05, 3.63) is 53.6 Å². The number of aryl methyl sites for hydroxylation is 1. The van der Waals surface area contributed by atoms with Crippen molar-refractivity contribution in [2.75, 3.05) is 7.11 Å². The highest BCUT2D eigenvalue weighted by Gasteiger charge is 2.11. The lowest BCUT2D eigenvalue weighted by atomic mass is 9.87. The number of hydrogen-bond acceptors (Lipinski definition) is 2. The fourth-order valence-electron chi connectivity index (χ4n) is 2.14. The molecule has 0 heterocycles. The number of fused-ring (bicyclic) bond motifs is 1. The van der Waals surface area contributed by atoms with Crippen LogP contribution in [0.4, 0.5) is 0 Å². The van der Waals surface area contributed by atoms with Gasteiger partial charge in [0.1, 0.15) is 0 Å². The van der Waals surface area contributed by atoms with Crippen molar-refractivity contribution in [1.82, 2.24) is 0 Å². The van der Waals surface area contributed by atoms with Gasteiger partial charge >= 0.3 is 5.97 Å². The molecule has 0 amide bonds. The maximum absolute atomic E-state index is 11.0. The molecule has 0 atom stereocenters. The summed E-state index contributed by atoms with van der Waals surface area (Å²) in [5, 5.41) is 0. The second-order valence-corrected chi connectivity index (χ2v) is 4.08. The molecule has 1 aromatic rings. The summed E-state index contributed by atoms with van der Waals surface area (Å²) in [5.41, 5.74) is 4.01. The second kappa shape index (κ2) is 5.48. The van der Waals surface area contributed by atoms with E-state index in [0.717, 1.165) is 12.8 Å². The minimum atomic E-state index is -0.314. The predicted octanol–water partition coefficient (Wildman–Crippen LogP) is 3.14. The molecule has 17 heavy (non-hydrogen) atoms. The Morgan fingerprint density at radius 1 is 1.29 bits per heavy atom. The molecule has 0 aromatic heterocycles. The van der Waals surface area contributed by atoms with Crippen LogP contribution in [-0.4, -0.2) is 13.1 Å². The van der Waals surface area contributed by atoms with Crippen LogP contribution >= 0.6 is 0 Å². The highest BCUT2D eigenvalue weighted by Crippen LogP contribution is 2.30. The van der Waals surface area contributed by atoms with Crippen LogP contribution in [0.5, 0.6) is 0 Å². The van der Waals surface area contributed by atoms with E-state index in [1.807, 2.05) is 6.08 Å². The average Bonchev–Trinajstić information content (AvgIpc) is 2.39. The molecule has 0 spiro atoms. The van der Waals surface area contributed by atoms with Gasteiger partial charge in [-0.15, -0.1) is 0 Å². The lowest BCUT2D eigenvalue weighted by molar-refractivity contribution is -0.134. The van der Waals surface area contributed by atoms with E-state index in [2.05, 4.69) is 29.0 Å². The van der Waals surface area contributed by atoms with E-state index in [0.29, 0.717) is 0 Å². The number of allylic oxidation sites excluding steroid dienone is 3. The maximum Gasteiger partial charge on any atom is 0.330 e. The first-order valence-corrected chi connectivity index (χ1v) is 5.84. The molecule has 0 radical (unpaired) electrons. The predicted molar refractivity (Wildman–Crippen MR) is 68.5 cm³/mol. The van der Waals surface area contributed by atoms with Crippen molar-refractivity contribution >= 4 is 11.5 Å². The number of ether oxygens (including phenoxy) is 1. The van der Waals surface area contributed by atoms with E-state index in [-0.39, 0.29) is 5.97 Å². The Morgan fingerprint density at radius 2 is 2.12 bits per heavy atom. The van der Waals surface area contributed by atoms with Crippen LogP contribution in [-0.2, 0) is 16.0 Å². The Balaban J connectivity index is 2.21. The van der Waals surface area contributed by atoms with E-state index >= 15 is 0 Å². The van der Waals surface area contributed by atoms with E-state index in [9.17, 15) is 4.79 Å². The Kier molecular flexibility index (Phi) is 3.76. The van der Waals surface area contributed by atoms with Gasteiger partial charge in [0.15, 0.2) is 0 Å². The van der Waals surface area contributed by atoms with Gasteiger partial charge in [0.05, 0.1) is 7.11 Å². The summed E-state index contributed by atoms with van der Waals surface area (Å²) < 4.78 is 4.55. The third-order valence-electron chi connectivity index (χ3n) is 2.99. The largest absolute Gasteiger partial charge is 0.466 e. The molecule has 1 aliphatic carbocycles. The van der Waals surface area contributed by atoms with Gasteiger partial charge in [-0.3, -0.25) is 0 Å². The summed E-state index contributed by atoms with van der Waals surface area (Å²) in [6.07, 6.45) is 8.62. The molecule has 0 aliphatic heterocycles. The molecule has 2 rings (SSSR count). The molecule has 0 saturated heterocycles. The molecular formula is C15H16O2. The summed E-state index contributed by atoms with van der Waals surface area (Å²) in [5.74, 6) is -0.314. The van der Waals surface area contributed by atoms with Gasteiger partial charge in [0.2, 0.25) is 0 Å². The molecule has 2 heteroatoms. The fourth-order valence-corrected chi connectivity index (χ4v) is 2.14. The molecule has 0 saturated carbocycles. The van der Waals surface area contributed by atoms with E-state index in [1.165, 1.54) is 36.3 Å². The van der Waals surface area contributed by atoms with Crippen LogP contribution < -0.4 is 0 Å². The smallest absolute Gasteiger partial charge is 0.330 e. The maximum atomic E-state index is 11.0. The van der Waals surface area contributed by atoms with Gasteiger partial charge in [-0.1, -0.05) is 36.4 Å². The molecule has 0 fully saturated rings. The van der Waals surface area contributed by atoms with Crippen molar-refractivity contribution in [2.24, 2.45) is 0 Å². The first kappa shape index (κ1) is 11.6. The third-order valence-corrected chi connectivity index (χ3v) is 2.99. The molecule has 0 bridgehead atoms. The van der Waals surface area contributed by atoms with Gasteiger partial charge in [-0.05, 0) is 36.0 Å². The zero-order valence-electron chi connectivity index (χ0n) is 9.98. The highest BCUT2D eigenvalue weighted by molar-refractivity contribution is 5.83. The van der Waals surface area contributed by atoms with Crippen molar-refractivity contribution < 1.29 is 9.53 Å². The van der Waals surface area contributed by atoms with Crippen LogP contribution in [0.1, 0.15) is 24.0 Å². The van der Waals surface area contributed by atoms with Gasteiger partial charge < -0.3 is 4.74 Å². The summed E-state index contributed by atoms with van der Waals surface area (Å²) in [6, 6.07) is 8.45. The lowest BCUT2D eigenvalue weighted by Crippen LogP contribution is -2.01. The highest BCUT2D eigenvalue weighted by atomic mass is 16.5. The first-order valence-electron chi connectivity index (χ1n) is 5.84. The van der Waals surface area contributed by atoms with Crippen LogP contribution in [0.15, 0.2) is 42.5 Å². The van der Waals surface area contributed by atoms with Crippen molar-refractivity contribution in [1.29, 1.82) is 0 Å². The number of hydrogen-bond donors (Lipinski definition) is 0. The molecule has 2 nitrogen and oxygen atoms in total. The summed E-state index contributed by atoms with van der Waals surface area (Å²) >= 11 is 0. The molecule has 1 aromatic carbocycles. The van der Waals surface area contributed by atoms with Gasteiger partial charge in [-0.2, -0.15) is 0 Å². The molecule has 1 aliphatic rings. The SMILES string of the molecule is COC(=O)/C=C/C=C1/CCCc2ccccc21. The number of rotatable bonds is 2. The normalized spacial score (nSPS) is 17.1. The fraction of sp³-hybridized carbons (Fsp3) is 0.267. The van der Waals surface area contributed by atoms with Gasteiger partial charge in [-0.25, -0.2) is 4.79 Å². The lowest BCUT2D eigenvalue weighted by Gasteiger charge is -2.18. The third kappa shape index (κ3) is 2.84. The second-order valence-electron chi connectivity index (χ2n) is 4.08. The summed E-state index contributed by atoms with van der Waals surface area (Å²) in [4.78, 5) is 11.0. The zero-order valence-corrected chi connectivity index (χ0v) is 9.98. The van der Waals surface area contributed by atoms with E-state index < -0.39 is 0 Å².